The highest BCUT2D eigenvalue weighted by atomic mass is 19.1. The average Bonchev–Trinajstić information content (AvgIpc) is 3.64. The summed E-state index contributed by atoms with van der Waals surface area (Å²) in [7, 11) is 3.04. The lowest BCUT2D eigenvalue weighted by molar-refractivity contribution is -0.134. The Bertz CT molecular complexity index is 1820. The van der Waals surface area contributed by atoms with Gasteiger partial charge < -0.3 is 25.0 Å². The normalized spacial score (nSPS) is 17.4. The molecule has 12 heteroatoms. The summed E-state index contributed by atoms with van der Waals surface area (Å²) < 4.78 is 26.5. The summed E-state index contributed by atoms with van der Waals surface area (Å²) in [4.78, 5) is 50.0. The predicted octanol–water partition coefficient (Wildman–Crippen LogP) is 5.27. The van der Waals surface area contributed by atoms with E-state index < -0.39 is 17.9 Å². The van der Waals surface area contributed by atoms with Crippen LogP contribution in [0.3, 0.4) is 0 Å². The number of carbonyl (C=O) groups excluding carboxylic acids is 2. The molecule has 0 radical (unpaired) electrons. The van der Waals surface area contributed by atoms with Gasteiger partial charge in [0.05, 0.1) is 42.9 Å². The molecule has 2 atom stereocenters. The van der Waals surface area contributed by atoms with Gasteiger partial charge in [0.2, 0.25) is 5.91 Å². The van der Waals surface area contributed by atoms with Crippen molar-refractivity contribution in [3.8, 4) is 11.5 Å². The molecule has 1 unspecified atom stereocenters. The standard InChI is InChI=1S/C35H39FN6O5/c1-22(41(30-15-14-26(46-2)21-31(30)47-3)35(45)38-24-12-10-23(36)11-13-24)32-39-28-8-5-4-7-27(28)33(43)42(32)25-16-19-40(20-17-25)34(44)29-9-6-18-37-29/h4-5,7-8,10-15,21-22,25,29,37H,6,9,16-20H2,1-3H3,(H,38,45)/t22?,29-/m0/s1. The quantitative estimate of drug-likeness (QED) is 0.269. The van der Waals surface area contributed by atoms with E-state index in [4.69, 9.17) is 14.5 Å². The third-order valence-corrected chi connectivity index (χ3v) is 9.06. The van der Waals surface area contributed by atoms with Crippen LogP contribution in [0.1, 0.15) is 50.5 Å². The number of amides is 3. The summed E-state index contributed by atoms with van der Waals surface area (Å²) in [5.74, 6) is 0.970. The van der Waals surface area contributed by atoms with Gasteiger partial charge >= 0.3 is 6.03 Å². The number of hydrogen-bond acceptors (Lipinski definition) is 7. The van der Waals surface area contributed by atoms with Gasteiger partial charge in [-0.25, -0.2) is 14.2 Å². The van der Waals surface area contributed by atoms with Crippen molar-refractivity contribution in [1.29, 1.82) is 0 Å². The van der Waals surface area contributed by atoms with E-state index in [0.717, 1.165) is 19.4 Å². The Kier molecular flexibility index (Phi) is 9.39. The molecule has 2 fully saturated rings. The van der Waals surface area contributed by atoms with Crippen LogP contribution in [-0.2, 0) is 4.79 Å². The first-order valence-electron chi connectivity index (χ1n) is 15.9. The molecule has 0 spiro atoms. The molecule has 0 bridgehead atoms. The molecular weight excluding hydrogens is 603 g/mol. The Balaban J connectivity index is 1.42. The second-order valence-corrected chi connectivity index (χ2v) is 11.9. The Hall–Kier alpha value is -4.97. The van der Waals surface area contributed by atoms with Crippen molar-refractivity contribution >= 4 is 34.2 Å². The molecule has 4 aromatic rings. The number of ether oxygens (including phenoxy) is 2. The molecule has 2 aliphatic heterocycles. The van der Waals surface area contributed by atoms with Gasteiger partial charge in [-0.05, 0) is 87.7 Å². The molecule has 0 aliphatic carbocycles. The summed E-state index contributed by atoms with van der Waals surface area (Å²) in [6.45, 7) is 3.67. The van der Waals surface area contributed by atoms with Crippen LogP contribution in [0.2, 0.25) is 0 Å². The third kappa shape index (κ3) is 6.50. The number of halogens is 1. The molecule has 3 heterocycles. The van der Waals surface area contributed by atoms with Crippen LogP contribution in [-0.4, -0.2) is 66.3 Å². The van der Waals surface area contributed by atoms with Crippen LogP contribution in [0.5, 0.6) is 11.5 Å². The maximum absolute atomic E-state index is 14.3. The number of rotatable bonds is 8. The van der Waals surface area contributed by atoms with Gasteiger partial charge in [0.15, 0.2) is 0 Å². The minimum atomic E-state index is -0.780. The van der Waals surface area contributed by atoms with Gasteiger partial charge in [-0.3, -0.25) is 19.1 Å². The zero-order chi connectivity index (χ0) is 33.1. The van der Waals surface area contributed by atoms with Gasteiger partial charge in [-0.2, -0.15) is 0 Å². The first-order chi connectivity index (χ1) is 22.8. The van der Waals surface area contributed by atoms with Crippen LogP contribution in [0.15, 0.2) is 71.5 Å². The van der Waals surface area contributed by atoms with Gasteiger partial charge in [-0.15, -0.1) is 0 Å². The van der Waals surface area contributed by atoms with E-state index in [1.807, 2.05) is 17.9 Å². The highest BCUT2D eigenvalue weighted by Crippen LogP contribution is 2.38. The van der Waals surface area contributed by atoms with Crippen LogP contribution >= 0.6 is 0 Å². The molecule has 47 heavy (non-hydrogen) atoms. The Morgan fingerprint density at radius 3 is 2.45 bits per heavy atom. The zero-order valence-electron chi connectivity index (χ0n) is 26.7. The molecule has 1 aromatic heterocycles. The zero-order valence-corrected chi connectivity index (χ0v) is 26.7. The van der Waals surface area contributed by atoms with Crippen molar-refractivity contribution in [2.45, 2.75) is 50.7 Å². The average molecular weight is 643 g/mol. The van der Waals surface area contributed by atoms with E-state index in [0.29, 0.717) is 65.5 Å². The number of benzene rings is 3. The number of aromatic nitrogens is 2. The van der Waals surface area contributed by atoms with Crippen molar-refractivity contribution in [3.63, 3.8) is 0 Å². The van der Waals surface area contributed by atoms with Crippen molar-refractivity contribution in [2.75, 3.05) is 44.1 Å². The lowest BCUT2D eigenvalue weighted by Crippen LogP contribution is -2.48. The van der Waals surface area contributed by atoms with Crippen molar-refractivity contribution in [1.82, 2.24) is 19.8 Å². The van der Waals surface area contributed by atoms with Gasteiger partial charge in [0.1, 0.15) is 23.1 Å². The molecule has 2 N–H and O–H groups in total. The maximum Gasteiger partial charge on any atom is 0.327 e. The molecule has 246 valence electrons. The van der Waals surface area contributed by atoms with Crippen LogP contribution in [0, 0.1) is 5.82 Å². The van der Waals surface area contributed by atoms with E-state index in [1.54, 1.807) is 41.0 Å². The molecule has 3 amide bonds. The number of carbonyl (C=O) groups is 2. The number of likely N-dealkylation sites (tertiary alicyclic amines) is 1. The minimum Gasteiger partial charge on any atom is -0.497 e. The van der Waals surface area contributed by atoms with Crippen molar-refractivity contribution in [2.24, 2.45) is 0 Å². The number of urea groups is 1. The van der Waals surface area contributed by atoms with E-state index in [2.05, 4.69) is 10.6 Å². The third-order valence-electron chi connectivity index (χ3n) is 9.06. The van der Waals surface area contributed by atoms with Crippen molar-refractivity contribution < 1.29 is 23.5 Å². The SMILES string of the molecule is COc1ccc(N(C(=O)Nc2ccc(F)cc2)C(C)c2nc3ccccc3c(=O)n2C2CCN(C(=O)[C@@H]3CCCN3)CC2)c(OC)c1. The van der Waals surface area contributed by atoms with Crippen LogP contribution in [0.4, 0.5) is 20.6 Å². The summed E-state index contributed by atoms with van der Waals surface area (Å²) in [6.07, 6.45) is 2.94. The van der Waals surface area contributed by atoms with E-state index >= 15 is 0 Å². The summed E-state index contributed by atoms with van der Waals surface area (Å²) in [5.41, 5.74) is 1.11. The van der Waals surface area contributed by atoms with Crippen LogP contribution in [0.25, 0.3) is 10.9 Å². The number of methoxy groups -OCH3 is 2. The summed E-state index contributed by atoms with van der Waals surface area (Å²) in [5, 5.41) is 6.62. The lowest BCUT2D eigenvalue weighted by Gasteiger charge is -2.37. The van der Waals surface area contributed by atoms with E-state index in [1.165, 1.54) is 43.4 Å². The Morgan fingerprint density at radius 1 is 1.02 bits per heavy atom. The Labute approximate surface area is 272 Å². The minimum absolute atomic E-state index is 0.105. The van der Waals surface area contributed by atoms with Gasteiger partial charge in [-0.1, -0.05) is 12.1 Å². The van der Waals surface area contributed by atoms with Crippen molar-refractivity contribution in [3.05, 3.63) is 88.7 Å². The van der Waals surface area contributed by atoms with E-state index in [-0.39, 0.29) is 23.6 Å². The molecule has 0 saturated carbocycles. The fraction of sp³-hybridized carbons (Fsp3) is 0.371. The lowest BCUT2D eigenvalue weighted by atomic mass is 10.0. The number of fused-ring (bicyclic) bond motifs is 1. The second-order valence-electron chi connectivity index (χ2n) is 11.9. The molecule has 3 aromatic carbocycles. The predicted molar refractivity (Wildman–Crippen MR) is 178 cm³/mol. The first-order valence-corrected chi connectivity index (χ1v) is 15.9. The number of nitrogens with zero attached hydrogens (tertiary/aromatic N) is 4. The smallest absolute Gasteiger partial charge is 0.327 e. The monoisotopic (exact) mass is 642 g/mol. The Morgan fingerprint density at radius 2 is 1.77 bits per heavy atom. The molecule has 11 nitrogen and oxygen atoms in total. The number of anilines is 2. The summed E-state index contributed by atoms with van der Waals surface area (Å²) >= 11 is 0. The second kappa shape index (κ2) is 13.8. The number of nitrogens with one attached hydrogen (secondary N) is 2. The first kappa shape index (κ1) is 32.0. The topological polar surface area (TPSA) is 118 Å². The number of para-hydroxylation sites is 1. The van der Waals surface area contributed by atoms with Gasteiger partial charge in [0.25, 0.3) is 5.56 Å². The number of hydrogen-bond donors (Lipinski definition) is 2. The largest absolute Gasteiger partial charge is 0.497 e. The fourth-order valence-corrected chi connectivity index (χ4v) is 6.58. The van der Waals surface area contributed by atoms with E-state index in [9.17, 15) is 18.8 Å². The van der Waals surface area contributed by atoms with Gasteiger partial charge in [0, 0.05) is 30.9 Å². The fourth-order valence-electron chi connectivity index (χ4n) is 6.58. The molecule has 6 rings (SSSR count). The maximum atomic E-state index is 14.3. The summed E-state index contributed by atoms with van der Waals surface area (Å²) in [6, 6.07) is 16.0. The highest BCUT2D eigenvalue weighted by molar-refractivity contribution is 6.03. The van der Waals surface area contributed by atoms with Crippen LogP contribution < -0.4 is 30.6 Å². The highest BCUT2D eigenvalue weighted by Gasteiger charge is 2.35. The number of piperidine rings is 1. The molecule has 2 saturated heterocycles. The molecular formula is C35H39FN6O5. The molecule has 2 aliphatic rings.